The molecule has 0 aromatic heterocycles. The molecule has 2 N–H and O–H groups in total. The SMILES string of the molecule is NCCCN(Cc1cc(Cl)cc(Cl)c1)S(=O)(=O)c1ccccc1[N+](=O)[O-]. The first-order valence-electron chi connectivity index (χ1n) is 7.64. The Labute approximate surface area is 161 Å². The van der Waals surface area contributed by atoms with E-state index in [-0.39, 0.29) is 24.5 Å². The molecule has 10 heteroatoms. The van der Waals surface area contributed by atoms with Gasteiger partial charge in [-0.25, -0.2) is 8.42 Å². The van der Waals surface area contributed by atoms with Gasteiger partial charge in [0, 0.05) is 29.2 Å². The van der Waals surface area contributed by atoms with Crippen molar-refractivity contribution in [2.45, 2.75) is 17.9 Å². The quantitative estimate of drug-likeness (QED) is 0.522. The first kappa shape index (κ1) is 20.6. The van der Waals surface area contributed by atoms with E-state index in [2.05, 4.69) is 0 Å². The summed E-state index contributed by atoms with van der Waals surface area (Å²) in [6, 6.07) is 9.95. The average Bonchev–Trinajstić information content (AvgIpc) is 2.57. The van der Waals surface area contributed by atoms with Crippen LogP contribution in [0.5, 0.6) is 0 Å². The Balaban J connectivity index is 2.46. The fraction of sp³-hybridized carbons (Fsp3) is 0.250. The van der Waals surface area contributed by atoms with Gasteiger partial charge in [0.1, 0.15) is 0 Å². The highest BCUT2D eigenvalue weighted by Crippen LogP contribution is 2.28. The molecule has 2 aromatic rings. The lowest BCUT2D eigenvalue weighted by Crippen LogP contribution is -2.33. The van der Waals surface area contributed by atoms with E-state index in [1.165, 1.54) is 24.3 Å². The Bertz CT molecular complexity index is 886. The molecule has 0 unspecified atom stereocenters. The minimum atomic E-state index is -4.12. The van der Waals surface area contributed by atoms with Crippen molar-refractivity contribution in [3.8, 4) is 0 Å². The molecule has 2 rings (SSSR count). The summed E-state index contributed by atoms with van der Waals surface area (Å²) in [4.78, 5) is 10.1. The highest BCUT2D eigenvalue weighted by Gasteiger charge is 2.31. The van der Waals surface area contributed by atoms with Gasteiger partial charge in [0.15, 0.2) is 4.90 Å². The number of sulfonamides is 1. The molecular weight excluding hydrogens is 401 g/mol. The van der Waals surface area contributed by atoms with Gasteiger partial charge in [0.2, 0.25) is 10.0 Å². The van der Waals surface area contributed by atoms with Crippen molar-refractivity contribution in [3.05, 3.63) is 68.2 Å². The summed E-state index contributed by atoms with van der Waals surface area (Å²) in [6.07, 6.45) is 0.397. The molecule has 0 amide bonds. The zero-order valence-corrected chi connectivity index (χ0v) is 16.0. The molecular formula is C16H17Cl2N3O4S. The van der Waals surface area contributed by atoms with Crippen LogP contribution in [0.3, 0.4) is 0 Å². The third kappa shape index (κ3) is 4.93. The van der Waals surface area contributed by atoms with Crippen molar-refractivity contribution >= 4 is 38.9 Å². The second-order valence-corrected chi connectivity index (χ2v) is 8.26. The smallest absolute Gasteiger partial charge is 0.289 e. The maximum atomic E-state index is 13.1. The summed E-state index contributed by atoms with van der Waals surface area (Å²) in [6.45, 7) is 0.350. The van der Waals surface area contributed by atoms with Crippen LogP contribution in [0.15, 0.2) is 47.4 Å². The third-order valence-electron chi connectivity index (χ3n) is 3.57. The number of rotatable bonds is 8. The number of nitro groups is 1. The number of nitrogens with zero attached hydrogens (tertiary/aromatic N) is 2. The Morgan fingerprint density at radius 2 is 1.73 bits per heavy atom. The Hall–Kier alpha value is -1.71. The number of hydrogen-bond donors (Lipinski definition) is 1. The van der Waals surface area contributed by atoms with Crippen LogP contribution in [-0.2, 0) is 16.6 Å². The van der Waals surface area contributed by atoms with Crippen LogP contribution in [0.2, 0.25) is 10.0 Å². The molecule has 0 spiro atoms. The molecule has 7 nitrogen and oxygen atoms in total. The largest absolute Gasteiger partial charge is 0.330 e. The highest BCUT2D eigenvalue weighted by molar-refractivity contribution is 7.89. The van der Waals surface area contributed by atoms with Gasteiger partial charge in [-0.05, 0) is 42.8 Å². The van der Waals surface area contributed by atoms with Crippen LogP contribution in [0.25, 0.3) is 0 Å². The molecule has 0 aliphatic heterocycles. The van der Waals surface area contributed by atoms with E-state index in [0.717, 1.165) is 10.4 Å². The Kier molecular flexibility index (Phi) is 6.96. The predicted octanol–water partition coefficient (Wildman–Crippen LogP) is 3.44. The number of hydrogen-bond acceptors (Lipinski definition) is 5. The fourth-order valence-corrected chi connectivity index (χ4v) is 4.62. The minimum absolute atomic E-state index is 0.0331. The van der Waals surface area contributed by atoms with Gasteiger partial charge in [0.25, 0.3) is 5.69 Å². The van der Waals surface area contributed by atoms with Crippen LogP contribution in [0, 0.1) is 10.1 Å². The molecule has 0 bridgehead atoms. The first-order chi connectivity index (χ1) is 12.3. The topological polar surface area (TPSA) is 107 Å². The number of benzene rings is 2. The van der Waals surface area contributed by atoms with Crippen molar-refractivity contribution in [2.24, 2.45) is 5.73 Å². The van der Waals surface area contributed by atoms with Gasteiger partial charge < -0.3 is 5.73 Å². The van der Waals surface area contributed by atoms with E-state index in [4.69, 9.17) is 28.9 Å². The summed E-state index contributed by atoms with van der Waals surface area (Å²) in [5.41, 5.74) is 5.60. The van der Waals surface area contributed by atoms with E-state index in [9.17, 15) is 18.5 Å². The maximum absolute atomic E-state index is 13.1. The normalized spacial score (nSPS) is 11.7. The van der Waals surface area contributed by atoms with Crippen LogP contribution < -0.4 is 5.73 Å². The van der Waals surface area contributed by atoms with Gasteiger partial charge in [-0.2, -0.15) is 4.31 Å². The van der Waals surface area contributed by atoms with Gasteiger partial charge in [0.05, 0.1) is 4.92 Å². The second kappa shape index (κ2) is 8.79. The molecule has 26 heavy (non-hydrogen) atoms. The van der Waals surface area contributed by atoms with Gasteiger partial charge in [-0.3, -0.25) is 10.1 Å². The number of nitro benzene ring substituents is 1. The zero-order chi connectivity index (χ0) is 19.3. The van der Waals surface area contributed by atoms with E-state index in [1.807, 2.05) is 0 Å². The third-order valence-corrected chi connectivity index (χ3v) is 5.90. The summed E-state index contributed by atoms with van der Waals surface area (Å²) < 4.78 is 27.2. The summed E-state index contributed by atoms with van der Waals surface area (Å²) in [5.74, 6) is 0. The number of para-hydroxylation sites is 1. The first-order valence-corrected chi connectivity index (χ1v) is 9.84. The van der Waals surface area contributed by atoms with Crippen molar-refractivity contribution < 1.29 is 13.3 Å². The molecule has 0 radical (unpaired) electrons. The van der Waals surface area contributed by atoms with Gasteiger partial charge in [-0.15, -0.1) is 0 Å². The molecule has 0 heterocycles. The van der Waals surface area contributed by atoms with Crippen molar-refractivity contribution in [2.75, 3.05) is 13.1 Å². The zero-order valence-electron chi connectivity index (χ0n) is 13.6. The van der Waals surface area contributed by atoms with E-state index < -0.39 is 20.6 Å². The molecule has 0 aliphatic carbocycles. The predicted molar refractivity (Wildman–Crippen MR) is 101 cm³/mol. The standard InChI is InChI=1S/C16H17Cl2N3O4S/c17-13-8-12(9-14(18)10-13)11-20(7-3-6-19)26(24,25)16-5-2-1-4-15(16)21(22)23/h1-2,4-5,8-10H,3,6-7,11,19H2. The summed E-state index contributed by atoms with van der Waals surface area (Å²) in [7, 11) is -4.12. The van der Waals surface area contributed by atoms with Crippen LogP contribution in [0.1, 0.15) is 12.0 Å². The highest BCUT2D eigenvalue weighted by atomic mass is 35.5. The molecule has 0 aliphatic rings. The molecule has 0 saturated heterocycles. The fourth-order valence-electron chi connectivity index (χ4n) is 2.42. The molecule has 2 aromatic carbocycles. The lowest BCUT2D eigenvalue weighted by molar-refractivity contribution is -0.387. The monoisotopic (exact) mass is 417 g/mol. The van der Waals surface area contributed by atoms with Crippen molar-refractivity contribution in [1.82, 2.24) is 4.31 Å². The van der Waals surface area contributed by atoms with E-state index in [0.29, 0.717) is 22.0 Å². The van der Waals surface area contributed by atoms with Crippen molar-refractivity contribution in [3.63, 3.8) is 0 Å². The van der Waals surface area contributed by atoms with E-state index >= 15 is 0 Å². The molecule has 0 saturated carbocycles. The summed E-state index contributed by atoms with van der Waals surface area (Å²) >= 11 is 11.9. The maximum Gasteiger partial charge on any atom is 0.289 e. The lowest BCUT2D eigenvalue weighted by Gasteiger charge is -2.22. The average molecular weight is 418 g/mol. The lowest BCUT2D eigenvalue weighted by atomic mass is 10.2. The van der Waals surface area contributed by atoms with Gasteiger partial charge >= 0.3 is 0 Å². The Morgan fingerprint density at radius 1 is 1.12 bits per heavy atom. The molecule has 0 fully saturated rings. The Morgan fingerprint density at radius 3 is 2.31 bits per heavy atom. The van der Waals surface area contributed by atoms with E-state index in [1.54, 1.807) is 12.1 Å². The van der Waals surface area contributed by atoms with Gasteiger partial charge in [-0.1, -0.05) is 35.3 Å². The number of nitrogens with two attached hydrogens (primary N) is 1. The molecule has 140 valence electrons. The minimum Gasteiger partial charge on any atom is -0.330 e. The van der Waals surface area contributed by atoms with Crippen molar-refractivity contribution in [1.29, 1.82) is 0 Å². The molecule has 0 atom stereocenters. The summed E-state index contributed by atoms with van der Waals surface area (Å²) in [5, 5.41) is 12.0. The van der Waals surface area contributed by atoms with Crippen LogP contribution in [-0.4, -0.2) is 30.7 Å². The van der Waals surface area contributed by atoms with Crippen LogP contribution in [0.4, 0.5) is 5.69 Å². The second-order valence-electron chi connectivity index (χ2n) is 5.48. The number of halogens is 2. The van der Waals surface area contributed by atoms with Crippen LogP contribution >= 0.6 is 23.2 Å².